The van der Waals surface area contributed by atoms with Crippen LogP contribution in [-0.4, -0.2) is 50.0 Å². The van der Waals surface area contributed by atoms with Crippen LogP contribution in [0.1, 0.15) is 61.6 Å². The highest BCUT2D eigenvalue weighted by Crippen LogP contribution is 2.27. The maximum Gasteiger partial charge on any atom is 0.243 e. The fourth-order valence-corrected chi connectivity index (χ4v) is 6.90. The number of halogens is 2. The zero-order valence-corrected chi connectivity index (χ0v) is 26.9. The van der Waals surface area contributed by atoms with Crippen molar-refractivity contribution in [2.75, 3.05) is 17.1 Å². The van der Waals surface area contributed by atoms with E-state index < -0.39 is 16.1 Å². The molecule has 3 aromatic carbocycles. The second-order valence-electron chi connectivity index (χ2n) is 11.6. The minimum Gasteiger partial charge on any atom is -0.352 e. The van der Waals surface area contributed by atoms with Gasteiger partial charge < -0.3 is 10.2 Å². The summed E-state index contributed by atoms with van der Waals surface area (Å²) in [6, 6.07) is 19.8. The van der Waals surface area contributed by atoms with Gasteiger partial charge in [-0.3, -0.25) is 13.9 Å². The molecule has 0 radical (unpaired) electrons. The van der Waals surface area contributed by atoms with E-state index in [1.165, 1.54) is 16.4 Å². The highest BCUT2D eigenvalue weighted by Gasteiger charge is 2.32. The van der Waals surface area contributed by atoms with Crippen molar-refractivity contribution in [1.29, 1.82) is 0 Å². The SMILES string of the molecule is Cc1ccc(Cl)cc1N(CCCC(=O)N(Cc1ccc(F)cc1)[C@@H](Cc1ccccc1)C(=O)NC1CCCCC1)S(C)(=O)=O. The number of nitrogens with one attached hydrogen (secondary N) is 1. The molecule has 0 aromatic heterocycles. The number of aryl methyl sites for hydroxylation is 1. The molecule has 1 saturated carbocycles. The summed E-state index contributed by atoms with van der Waals surface area (Å²) in [6.07, 6.45) is 6.72. The van der Waals surface area contributed by atoms with Crippen LogP contribution in [0.3, 0.4) is 0 Å². The van der Waals surface area contributed by atoms with Gasteiger partial charge in [0.15, 0.2) is 0 Å². The molecule has 1 aliphatic carbocycles. The standard InChI is InChI=1S/C34H41ClFN3O4S/c1-25-15-18-28(35)23-31(25)39(44(2,42)43)21-9-14-33(40)38(24-27-16-19-29(36)20-17-27)32(22-26-10-5-3-6-11-26)34(41)37-30-12-7-4-8-13-30/h3,5-6,10-11,15-20,23,30,32H,4,7-9,12-14,21-22,24H2,1-2H3,(H,37,41)/t32-/m0/s1. The molecule has 0 aliphatic heterocycles. The molecule has 1 atom stereocenters. The number of hydrogen-bond donors (Lipinski definition) is 1. The largest absolute Gasteiger partial charge is 0.352 e. The normalized spacial score (nSPS) is 14.5. The monoisotopic (exact) mass is 641 g/mol. The van der Waals surface area contributed by atoms with E-state index in [-0.39, 0.29) is 49.6 Å². The Labute approximate surface area is 265 Å². The summed E-state index contributed by atoms with van der Waals surface area (Å²) in [5.41, 5.74) is 2.80. The summed E-state index contributed by atoms with van der Waals surface area (Å²) in [6.45, 7) is 1.98. The highest BCUT2D eigenvalue weighted by atomic mass is 35.5. The molecule has 0 saturated heterocycles. The first-order chi connectivity index (χ1) is 21.0. The van der Waals surface area contributed by atoms with E-state index in [1.807, 2.05) is 30.3 Å². The van der Waals surface area contributed by atoms with Gasteiger partial charge in [0.05, 0.1) is 11.9 Å². The molecule has 4 rings (SSSR count). The van der Waals surface area contributed by atoms with E-state index in [0.717, 1.165) is 49.5 Å². The van der Waals surface area contributed by atoms with Crippen molar-refractivity contribution in [3.05, 3.63) is 100 Å². The van der Waals surface area contributed by atoms with Gasteiger partial charge in [-0.25, -0.2) is 12.8 Å². The van der Waals surface area contributed by atoms with E-state index in [4.69, 9.17) is 11.6 Å². The molecular weight excluding hydrogens is 601 g/mol. The average Bonchev–Trinajstić information content (AvgIpc) is 2.99. The Balaban J connectivity index is 1.60. The molecule has 3 aromatic rings. The van der Waals surface area contributed by atoms with Crippen molar-refractivity contribution in [3.63, 3.8) is 0 Å². The molecule has 0 heterocycles. The number of rotatable bonds is 13. The van der Waals surface area contributed by atoms with Gasteiger partial charge in [0.2, 0.25) is 21.8 Å². The van der Waals surface area contributed by atoms with Crippen molar-refractivity contribution in [3.8, 4) is 0 Å². The molecule has 0 unspecified atom stereocenters. The van der Waals surface area contributed by atoms with Crippen molar-refractivity contribution < 1.29 is 22.4 Å². The van der Waals surface area contributed by atoms with Gasteiger partial charge in [-0.1, -0.05) is 79.4 Å². The van der Waals surface area contributed by atoms with E-state index in [2.05, 4.69) is 5.32 Å². The minimum absolute atomic E-state index is 0.00876. The number of carbonyl (C=O) groups excluding carboxylic acids is 2. The van der Waals surface area contributed by atoms with Crippen LogP contribution in [0.4, 0.5) is 10.1 Å². The molecular formula is C34H41ClFN3O4S. The fraction of sp³-hybridized carbons (Fsp3) is 0.412. The summed E-state index contributed by atoms with van der Waals surface area (Å²) >= 11 is 6.18. The quantitative estimate of drug-likeness (QED) is 0.233. The molecule has 0 spiro atoms. The third-order valence-corrected chi connectivity index (χ3v) is 9.50. The number of sulfonamides is 1. The van der Waals surface area contributed by atoms with Gasteiger partial charge >= 0.3 is 0 Å². The Hall–Kier alpha value is -3.43. The van der Waals surface area contributed by atoms with Crippen LogP contribution in [-0.2, 0) is 32.6 Å². The van der Waals surface area contributed by atoms with Crippen molar-refractivity contribution in [2.45, 2.75) is 76.9 Å². The molecule has 10 heteroatoms. The Morgan fingerprint density at radius 2 is 1.66 bits per heavy atom. The maximum atomic E-state index is 14.0. The summed E-state index contributed by atoms with van der Waals surface area (Å²) < 4.78 is 40.5. The van der Waals surface area contributed by atoms with E-state index in [9.17, 15) is 22.4 Å². The molecule has 236 valence electrons. The highest BCUT2D eigenvalue weighted by molar-refractivity contribution is 7.92. The van der Waals surface area contributed by atoms with Crippen molar-refractivity contribution in [1.82, 2.24) is 10.2 Å². The Morgan fingerprint density at radius 3 is 2.32 bits per heavy atom. The zero-order chi connectivity index (χ0) is 31.7. The second kappa shape index (κ2) is 15.5. The van der Waals surface area contributed by atoms with Crippen LogP contribution in [0.25, 0.3) is 0 Å². The minimum atomic E-state index is -3.66. The molecule has 2 amide bonds. The van der Waals surface area contributed by atoms with E-state index >= 15 is 0 Å². The van der Waals surface area contributed by atoms with E-state index in [1.54, 1.807) is 42.2 Å². The van der Waals surface area contributed by atoms with Crippen LogP contribution in [0, 0.1) is 12.7 Å². The molecule has 0 bridgehead atoms. The lowest BCUT2D eigenvalue weighted by Crippen LogP contribution is -2.52. The number of carbonyl (C=O) groups is 2. The third-order valence-electron chi connectivity index (χ3n) is 8.08. The number of hydrogen-bond acceptors (Lipinski definition) is 4. The average molecular weight is 642 g/mol. The molecule has 1 aliphatic rings. The second-order valence-corrected chi connectivity index (χ2v) is 13.9. The number of anilines is 1. The lowest BCUT2D eigenvalue weighted by Gasteiger charge is -2.34. The number of amides is 2. The summed E-state index contributed by atoms with van der Waals surface area (Å²) in [5, 5.41) is 3.61. The molecule has 1 N–H and O–H groups in total. The predicted molar refractivity (Wildman–Crippen MR) is 174 cm³/mol. The van der Waals surface area contributed by atoms with Crippen LogP contribution < -0.4 is 9.62 Å². The zero-order valence-electron chi connectivity index (χ0n) is 25.3. The first-order valence-electron chi connectivity index (χ1n) is 15.1. The van der Waals surface area contributed by atoms with Gasteiger partial charge in [0.1, 0.15) is 11.9 Å². The topological polar surface area (TPSA) is 86.8 Å². The van der Waals surface area contributed by atoms with Gasteiger partial charge in [0.25, 0.3) is 0 Å². The van der Waals surface area contributed by atoms with Gasteiger partial charge in [-0.05, 0) is 67.1 Å². The Bertz CT molecular complexity index is 1510. The maximum absolute atomic E-state index is 14.0. The van der Waals surface area contributed by atoms with Gasteiger partial charge in [-0.2, -0.15) is 0 Å². The third kappa shape index (κ3) is 9.53. The Kier molecular flexibility index (Phi) is 11.8. The van der Waals surface area contributed by atoms with Gasteiger partial charge in [-0.15, -0.1) is 0 Å². The molecule has 44 heavy (non-hydrogen) atoms. The first-order valence-corrected chi connectivity index (χ1v) is 17.4. The number of nitrogens with zero attached hydrogens (tertiary/aromatic N) is 2. The predicted octanol–water partition coefficient (Wildman–Crippen LogP) is 6.42. The molecule has 1 fully saturated rings. The first kappa shape index (κ1) is 33.5. The van der Waals surface area contributed by atoms with Crippen LogP contribution in [0.5, 0.6) is 0 Å². The van der Waals surface area contributed by atoms with Crippen LogP contribution >= 0.6 is 11.6 Å². The lowest BCUT2D eigenvalue weighted by atomic mass is 9.94. The summed E-state index contributed by atoms with van der Waals surface area (Å²) in [7, 11) is -3.66. The van der Waals surface area contributed by atoms with Crippen LogP contribution in [0.15, 0.2) is 72.8 Å². The van der Waals surface area contributed by atoms with Gasteiger partial charge in [0, 0.05) is 37.0 Å². The summed E-state index contributed by atoms with van der Waals surface area (Å²) in [4.78, 5) is 29.5. The van der Waals surface area contributed by atoms with Crippen LogP contribution in [0.2, 0.25) is 5.02 Å². The molecule has 7 nitrogen and oxygen atoms in total. The summed E-state index contributed by atoms with van der Waals surface area (Å²) in [5.74, 6) is -0.895. The number of benzene rings is 3. The van der Waals surface area contributed by atoms with Crippen molar-refractivity contribution in [2.24, 2.45) is 0 Å². The smallest absolute Gasteiger partial charge is 0.243 e. The van der Waals surface area contributed by atoms with Crippen molar-refractivity contribution >= 4 is 39.1 Å². The lowest BCUT2D eigenvalue weighted by molar-refractivity contribution is -0.141. The Morgan fingerprint density at radius 1 is 0.977 bits per heavy atom. The fourth-order valence-electron chi connectivity index (χ4n) is 5.72. The van der Waals surface area contributed by atoms with E-state index in [0.29, 0.717) is 22.7 Å².